The normalized spacial score (nSPS) is 21.6. The largest absolute Gasteiger partial charge is 0.480 e. The molecule has 170 valence electrons. The number of carbonyl (C=O) groups is 1. The molecule has 0 amide bonds. The minimum atomic E-state index is -4.13. The van der Waals surface area contributed by atoms with Crippen LogP contribution in [0.4, 0.5) is 0 Å². The van der Waals surface area contributed by atoms with Crippen LogP contribution in [0.1, 0.15) is 31.7 Å². The Morgan fingerprint density at radius 2 is 2.00 bits per heavy atom. The van der Waals surface area contributed by atoms with E-state index in [1.165, 1.54) is 17.2 Å². The summed E-state index contributed by atoms with van der Waals surface area (Å²) in [6.45, 7) is 7.58. The van der Waals surface area contributed by atoms with Gasteiger partial charge in [-0.05, 0) is 35.5 Å². The van der Waals surface area contributed by atoms with Gasteiger partial charge < -0.3 is 5.11 Å². The molecule has 0 aliphatic carbocycles. The third kappa shape index (κ3) is 7.51. The molecule has 0 spiro atoms. The molecule has 0 bridgehead atoms. The van der Waals surface area contributed by atoms with Gasteiger partial charge in [-0.2, -0.15) is 4.72 Å². The minimum Gasteiger partial charge on any atom is -0.480 e. The number of aliphatic carboxylic acids is 1. The maximum atomic E-state index is 13.2. The fourth-order valence-corrected chi connectivity index (χ4v) is 5.59. The van der Waals surface area contributed by atoms with Gasteiger partial charge in [0.25, 0.3) is 0 Å². The van der Waals surface area contributed by atoms with E-state index < -0.39 is 28.0 Å². The van der Waals surface area contributed by atoms with Crippen LogP contribution in [-0.4, -0.2) is 31.3 Å². The Bertz CT molecular complexity index is 1060. The molecule has 1 aromatic rings. The summed E-state index contributed by atoms with van der Waals surface area (Å²) in [6.07, 6.45) is 14.0. The molecule has 2 rings (SSSR count). The van der Waals surface area contributed by atoms with E-state index in [0.29, 0.717) is 17.7 Å². The lowest BCUT2D eigenvalue weighted by molar-refractivity contribution is -0.139. The number of carboxylic acids is 1. The van der Waals surface area contributed by atoms with Crippen LogP contribution in [0.25, 0.3) is 0 Å². The smallest absolute Gasteiger partial charge is 0.322 e. The zero-order valence-corrected chi connectivity index (χ0v) is 19.9. The predicted molar refractivity (Wildman–Crippen MR) is 134 cm³/mol. The van der Waals surface area contributed by atoms with Gasteiger partial charge in [-0.15, -0.1) is 11.8 Å². The van der Waals surface area contributed by atoms with Crippen molar-refractivity contribution in [2.75, 3.05) is 5.75 Å². The minimum absolute atomic E-state index is 0.0207. The van der Waals surface area contributed by atoms with Crippen molar-refractivity contribution in [1.29, 1.82) is 0 Å². The Balaban J connectivity index is 2.31. The summed E-state index contributed by atoms with van der Waals surface area (Å²) in [5.41, 5.74) is 1.95. The van der Waals surface area contributed by atoms with Gasteiger partial charge in [0.1, 0.15) is 6.04 Å². The van der Waals surface area contributed by atoms with E-state index in [2.05, 4.69) is 11.3 Å². The SMILES string of the molecule is C=C1/C=C(C/C=C\C=C/C)\C=C/CS/C=C\1S(=O)(=O)NC(C(=O)O)C(C)c1ccccc1. The van der Waals surface area contributed by atoms with Crippen LogP contribution in [0, 0.1) is 0 Å². The van der Waals surface area contributed by atoms with Gasteiger partial charge in [-0.1, -0.05) is 86.4 Å². The van der Waals surface area contributed by atoms with Crippen LogP contribution < -0.4 is 4.72 Å². The Hall–Kier alpha value is -2.61. The lowest BCUT2D eigenvalue weighted by Crippen LogP contribution is -2.44. The van der Waals surface area contributed by atoms with E-state index >= 15 is 0 Å². The lowest BCUT2D eigenvalue weighted by atomic mass is 9.94. The van der Waals surface area contributed by atoms with Crippen LogP contribution in [0.15, 0.2) is 101 Å². The molecule has 32 heavy (non-hydrogen) atoms. The van der Waals surface area contributed by atoms with E-state index in [9.17, 15) is 18.3 Å². The molecule has 0 fully saturated rings. The van der Waals surface area contributed by atoms with E-state index in [1.54, 1.807) is 37.3 Å². The van der Waals surface area contributed by atoms with E-state index in [-0.39, 0.29) is 4.91 Å². The molecule has 7 heteroatoms. The third-order valence-corrected chi connectivity index (χ3v) is 7.31. The topological polar surface area (TPSA) is 83.5 Å². The number of thioether (sulfide) groups is 1. The number of benzene rings is 1. The number of allylic oxidation sites excluding steroid dienone is 8. The Labute approximate surface area is 195 Å². The summed E-state index contributed by atoms with van der Waals surface area (Å²) in [6, 6.07) is 7.66. The summed E-state index contributed by atoms with van der Waals surface area (Å²) in [4.78, 5) is 11.9. The number of hydrogen-bond acceptors (Lipinski definition) is 4. The number of carboxylic acid groups (broad SMARTS) is 1. The summed E-state index contributed by atoms with van der Waals surface area (Å²) in [5.74, 6) is -1.21. The van der Waals surface area contributed by atoms with Gasteiger partial charge in [-0.3, -0.25) is 4.79 Å². The average Bonchev–Trinajstić information content (AvgIpc) is 2.85. The Morgan fingerprint density at radius 3 is 2.66 bits per heavy atom. The van der Waals surface area contributed by atoms with Crippen molar-refractivity contribution in [3.05, 3.63) is 106 Å². The highest BCUT2D eigenvalue weighted by atomic mass is 32.2. The first-order valence-electron chi connectivity index (χ1n) is 10.2. The quantitative estimate of drug-likeness (QED) is 0.477. The van der Waals surface area contributed by atoms with E-state index in [1.807, 2.05) is 49.4 Å². The second-order valence-electron chi connectivity index (χ2n) is 7.26. The number of nitrogens with one attached hydrogen (secondary N) is 1. The monoisotopic (exact) mass is 471 g/mol. The third-order valence-electron chi connectivity index (χ3n) is 4.85. The molecule has 1 heterocycles. The Morgan fingerprint density at radius 1 is 1.28 bits per heavy atom. The van der Waals surface area contributed by atoms with Crippen LogP contribution in [0.3, 0.4) is 0 Å². The molecule has 0 aromatic heterocycles. The van der Waals surface area contributed by atoms with Crippen LogP contribution in [-0.2, 0) is 14.8 Å². The number of hydrogen-bond donors (Lipinski definition) is 2. The molecule has 1 aliphatic heterocycles. The van der Waals surface area contributed by atoms with Crippen molar-refractivity contribution >= 4 is 27.8 Å². The van der Waals surface area contributed by atoms with Gasteiger partial charge in [-0.25, -0.2) is 8.42 Å². The molecule has 0 saturated carbocycles. The fourth-order valence-electron chi connectivity index (χ4n) is 3.10. The zero-order chi connectivity index (χ0) is 23.6. The highest BCUT2D eigenvalue weighted by molar-refractivity contribution is 8.03. The summed E-state index contributed by atoms with van der Waals surface area (Å²) in [5, 5.41) is 11.3. The van der Waals surface area contributed by atoms with Crippen molar-refractivity contribution in [2.24, 2.45) is 0 Å². The molecule has 2 unspecified atom stereocenters. The molecule has 2 atom stereocenters. The highest BCUT2D eigenvalue weighted by Crippen LogP contribution is 2.27. The molecular formula is C25H29NO4S2. The molecule has 5 nitrogen and oxygen atoms in total. The van der Waals surface area contributed by atoms with Gasteiger partial charge in [0.05, 0.1) is 4.91 Å². The Kier molecular flexibility index (Phi) is 9.97. The molecule has 1 aromatic carbocycles. The van der Waals surface area contributed by atoms with Crippen molar-refractivity contribution in [3.63, 3.8) is 0 Å². The maximum Gasteiger partial charge on any atom is 0.322 e. The summed E-state index contributed by atoms with van der Waals surface area (Å²) >= 11 is 1.32. The molecular weight excluding hydrogens is 442 g/mol. The van der Waals surface area contributed by atoms with Crippen molar-refractivity contribution in [3.8, 4) is 0 Å². The second-order valence-corrected chi connectivity index (χ2v) is 9.84. The van der Waals surface area contributed by atoms with Crippen molar-refractivity contribution in [1.82, 2.24) is 4.72 Å². The first-order chi connectivity index (χ1) is 15.3. The standard InChI is InChI=1S/C25H29NO4S2/c1-4-5-6-8-12-21-13-11-16-31-18-23(19(2)17-21)32(29,30)26-24(25(27)28)20(3)22-14-9-7-10-15-22/h4-11,13-15,17-18,20,24,26H,2,12,16H2,1,3H3,(H,27,28)/b5-4-,8-6-,13-11-,21-17-,23-18+. The number of rotatable bonds is 9. The fraction of sp³-hybridized carbons (Fsp3) is 0.240. The molecule has 0 saturated heterocycles. The van der Waals surface area contributed by atoms with E-state index in [0.717, 1.165) is 11.1 Å². The van der Waals surface area contributed by atoms with Crippen LogP contribution >= 0.6 is 11.8 Å². The van der Waals surface area contributed by atoms with Gasteiger partial charge in [0, 0.05) is 11.7 Å². The molecule has 1 aliphatic rings. The van der Waals surface area contributed by atoms with Gasteiger partial charge in [0.2, 0.25) is 10.0 Å². The first kappa shape index (κ1) is 25.6. The maximum absolute atomic E-state index is 13.2. The predicted octanol–water partition coefficient (Wildman–Crippen LogP) is 5.31. The van der Waals surface area contributed by atoms with Crippen LogP contribution in [0.5, 0.6) is 0 Å². The highest BCUT2D eigenvalue weighted by Gasteiger charge is 2.32. The van der Waals surface area contributed by atoms with E-state index in [4.69, 9.17) is 0 Å². The number of sulfonamides is 1. The van der Waals surface area contributed by atoms with Gasteiger partial charge >= 0.3 is 5.97 Å². The first-order valence-corrected chi connectivity index (χ1v) is 12.8. The zero-order valence-electron chi connectivity index (χ0n) is 18.3. The van der Waals surface area contributed by atoms with Crippen molar-refractivity contribution in [2.45, 2.75) is 32.2 Å². The molecule has 0 radical (unpaired) electrons. The summed E-state index contributed by atoms with van der Waals surface area (Å²) in [7, 11) is -4.13. The summed E-state index contributed by atoms with van der Waals surface area (Å²) < 4.78 is 28.9. The average molecular weight is 472 g/mol. The van der Waals surface area contributed by atoms with Crippen molar-refractivity contribution < 1.29 is 18.3 Å². The second kappa shape index (κ2) is 12.4. The van der Waals surface area contributed by atoms with Crippen LogP contribution in [0.2, 0.25) is 0 Å². The van der Waals surface area contributed by atoms with Gasteiger partial charge in [0.15, 0.2) is 0 Å². The molecule has 2 N–H and O–H groups in total. The lowest BCUT2D eigenvalue weighted by Gasteiger charge is -2.22.